The lowest BCUT2D eigenvalue weighted by atomic mass is 10.1. The van der Waals surface area contributed by atoms with E-state index in [-0.39, 0.29) is 4.90 Å². The number of rotatable bonds is 4. The van der Waals surface area contributed by atoms with Gasteiger partial charge in [0.1, 0.15) is 5.82 Å². The third-order valence-corrected chi connectivity index (χ3v) is 9.02. The van der Waals surface area contributed by atoms with Crippen LogP contribution in [0.15, 0.2) is 57.2 Å². The van der Waals surface area contributed by atoms with Crippen molar-refractivity contribution in [3.63, 3.8) is 0 Å². The topological polar surface area (TPSA) is 50.3 Å². The quantitative estimate of drug-likeness (QED) is 0.482. The van der Waals surface area contributed by atoms with E-state index in [4.69, 9.17) is 4.98 Å². The van der Waals surface area contributed by atoms with Crippen LogP contribution in [0.3, 0.4) is 0 Å². The maximum absolute atomic E-state index is 13.6. The number of piperidine rings is 1. The van der Waals surface area contributed by atoms with Crippen LogP contribution in [0.4, 0.5) is 9.52 Å². The fourth-order valence-corrected chi connectivity index (χ4v) is 6.88. The maximum atomic E-state index is 13.6. The van der Waals surface area contributed by atoms with Crippen LogP contribution in [0, 0.1) is 12.7 Å². The summed E-state index contributed by atoms with van der Waals surface area (Å²) in [5, 5.41) is 2.43. The van der Waals surface area contributed by atoms with E-state index >= 15 is 0 Å². The highest BCUT2D eigenvalue weighted by Crippen LogP contribution is 2.33. The Bertz CT molecular complexity index is 1140. The molecule has 3 aromatic rings. The second kappa shape index (κ2) is 8.16. The number of nitrogens with zero attached hydrogens (tertiary/aromatic N) is 2. The number of halogens is 2. The van der Waals surface area contributed by atoms with Gasteiger partial charge in [-0.05, 0) is 49.6 Å². The minimum absolute atomic E-state index is 0.113. The van der Waals surface area contributed by atoms with E-state index in [0.29, 0.717) is 31.5 Å². The molecule has 0 unspecified atom stereocenters. The molecular weight excluding hydrogens is 475 g/mol. The molecule has 1 fully saturated rings. The monoisotopic (exact) mass is 494 g/mol. The van der Waals surface area contributed by atoms with Crippen molar-refractivity contribution in [1.82, 2.24) is 4.98 Å². The Kier molecular flexibility index (Phi) is 5.77. The van der Waals surface area contributed by atoms with Crippen molar-refractivity contribution in [2.45, 2.75) is 29.9 Å². The molecule has 29 heavy (non-hydrogen) atoms. The highest BCUT2D eigenvalue weighted by molar-refractivity contribution is 9.10. The normalized spacial score (nSPS) is 15.6. The summed E-state index contributed by atoms with van der Waals surface area (Å²) in [5.74, 6) is -0.519. The Balaban J connectivity index is 1.48. The van der Waals surface area contributed by atoms with E-state index in [9.17, 15) is 12.8 Å². The Morgan fingerprint density at radius 2 is 1.93 bits per heavy atom. The van der Waals surface area contributed by atoms with Crippen LogP contribution in [0.25, 0.3) is 11.3 Å². The number of benzene rings is 2. The van der Waals surface area contributed by atoms with Gasteiger partial charge in [0.2, 0.25) is 0 Å². The highest BCUT2D eigenvalue weighted by Gasteiger charge is 2.33. The van der Waals surface area contributed by atoms with Crippen molar-refractivity contribution in [2.24, 2.45) is 0 Å². The summed E-state index contributed by atoms with van der Waals surface area (Å²) in [6.07, 6.45) is 1.01. The highest BCUT2D eigenvalue weighted by atomic mass is 79.9. The molecule has 0 atom stereocenters. The van der Waals surface area contributed by atoms with Crippen molar-refractivity contribution < 1.29 is 12.8 Å². The van der Waals surface area contributed by atoms with Gasteiger partial charge < -0.3 is 4.90 Å². The zero-order valence-electron chi connectivity index (χ0n) is 15.8. The van der Waals surface area contributed by atoms with Crippen LogP contribution in [0.1, 0.15) is 18.4 Å². The molecule has 0 bridgehead atoms. The molecule has 2 heterocycles. The van der Waals surface area contributed by atoms with Gasteiger partial charge in [-0.1, -0.05) is 34.1 Å². The van der Waals surface area contributed by atoms with Gasteiger partial charge in [0.15, 0.2) is 15.0 Å². The predicted octanol–water partition coefficient (Wildman–Crippen LogP) is 5.46. The number of aryl methyl sites for hydroxylation is 1. The molecule has 0 N–H and O–H groups in total. The largest absolute Gasteiger partial charge is 0.348 e. The number of hydrogen-bond donors (Lipinski definition) is 0. The summed E-state index contributed by atoms with van der Waals surface area (Å²) >= 11 is 5.05. The second-order valence-corrected chi connectivity index (χ2v) is 11.1. The van der Waals surface area contributed by atoms with Gasteiger partial charge in [-0.15, -0.1) is 11.3 Å². The molecule has 0 spiro atoms. The second-order valence-electron chi connectivity index (χ2n) is 7.17. The predicted molar refractivity (Wildman–Crippen MR) is 119 cm³/mol. The molecule has 1 aromatic heterocycles. The lowest BCUT2D eigenvalue weighted by Gasteiger charge is -2.31. The fourth-order valence-electron chi connectivity index (χ4n) is 3.61. The molecule has 0 aliphatic carbocycles. The summed E-state index contributed by atoms with van der Waals surface area (Å²) in [7, 11) is -3.55. The summed E-state index contributed by atoms with van der Waals surface area (Å²) < 4.78 is 40.7. The smallest absolute Gasteiger partial charge is 0.185 e. The van der Waals surface area contributed by atoms with Crippen molar-refractivity contribution in [3.05, 3.63) is 63.7 Å². The molecule has 0 radical (unpaired) electrons. The molecule has 1 aliphatic rings. The first-order chi connectivity index (χ1) is 13.8. The Morgan fingerprint density at radius 3 is 2.66 bits per heavy atom. The molecule has 1 aliphatic heterocycles. The van der Waals surface area contributed by atoms with Gasteiger partial charge in [0.05, 0.1) is 15.8 Å². The molecular formula is C21H20BrFN2O2S2. The number of hydrogen-bond acceptors (Lipinski definition) is 5. The number of aromatic nitrogens is 1. The third kappa shape index (κ3) is 4.25. The van der Waals surface area contributed by atoms with Gasteiger partial charge in [0, 0.05) is 28.5 Å². The minimum Gasteiger partial charge on any atom is -0.348 e. The maximum Gasteiger partial charge on any atom is 0.185 e. The molecule has 4 rings (SSSR count). The first-order valence-electron chi connectivity index (χ1n) is 9.31. The summed E-state index contributed by atoms with van der Waals surface area (Å²) in [6, 6.07) is 12.0. The van der Waals surface area contributed by atoms with Crippen LogP contribution in [0.5, 0.6) is 0 Å². The standard InChI is InChI=1S/C21H20BrFN2O2S2/c1-14-5-6-17(23)12-20(14)29(26,27)18-7-9-25(10-8-18)21-24-19(13-28-21)15-3-2-4-16(22)11-15/h2-6,11-13,18H,7-10H2,1H3. The van der Waals surface area contributed by atoms with Crippen molar-refractivity contribution >= 4 is 42.2 Å². The van der Waals surface area contributed by atoms with Gasteiger partial charge in [-0.2, -0.15) is 0 Å². The summed E-state index contributed by atoms with van der Waals surface area (Å²) in [5.41, 5.74) is 2.55. The third-order valence-electron chi connectivity index (χ3n) is 5.22. The summed E-state index contributed by atoms with van der Waals surface area (Å²) in [4.78, 5) is 6.99. The van der Waals surface area contributed by atoms with Crippen molar-refractivity contribution in [2.75, 3.05) is 18.0 Å². The van der Waals surface area contributed by atoms with E-state index in [1.165, 1.54) is 12.1 Å². The summed E-state index contributed by atoms with van der Waals surface area (Å²) in [6.45, 7) is 2.94. The first kappa shape index (κ1) is 20.5. The van der Waals surface area contributed by atoms with Crippen LogP contribution in [0.2, 0.25) is 0 Å². The van der Waals surface area contributed by atoms with E-state index in [1.54, 1.807) is 18.3 Å². The number of sulfone groups is 1. The van der Waals surface area contributed by atoms with E-state index in [1.807, 2.05) is 29.6 Å². The molecule has 152 valence electrons. The zero-order valence-corrected chi connectivity index (χ0v) is 19.0. The van der Waals surface area contributed by atoms with Crippen LogP contribution >= 0.6 is 27.3 Å². The van der Waals surface area contributed by atoms with E-state index in [0.717, 1.165) is 26.9 Å². The average molecular weight is 495 g/mol. The Morgan fingerprint density at radius 1 is 1.17 bits per heavy atom. The lowest BCUT2D eigenvalue weighted by Crippen LogP contribution is -2.39. The fraction of sp³-hybridized carbons (Fsp3) is 0.286. The van der Waals surface area contributed by atoms with Crippen molar-refractivity contribution in [1.29, 1.82) is 0 Å². The molecule has 8 heteroatoms. The van der Waals surface area contributed by atoms with Gasteiger partial charge in [0.25, 0.3) is 0 Å². The van der Waals surface area contributed by atoms with E-state index in [2.05, 4.69) is 20.8 Å². The Hall–Kier alpha value is -1.77. The molecule has 2 aromatic carbocycles. The van der Waals surface area contributed by atoms with Gasteiger partial charge >= 0.3 is 0 Å². The molecule has 0 saturated carbocycles. The van der Waals surface area contributed by atoms with Crippen LogP contribution in [-0.4, -0.2) is 31.7 Å². The minimum atomic E-state index is -3.55. The van der Waals surface area contributed by atoms with Crippen molar-refractivity contribution in [3.8, 4) is 11.3 Å². The average Bonchev–Trinajstić information content (AvgIpc) is 3.20. The molecule has 0 amide bonds. The van der Waals surface area contributed by atoms with Gasteiger partial charge in [-0.3, -0.25) is 0 Å². The first-order valence-corrected chi connectivity index (χ1v) is 12.5. The van der Waals surface area contributed by atoms with Crippen LogP contribution < -0.4 is 4.90 Å². The lowest BCUT2D eigenvalue weighted by molar-refractivity contribution is 0.528. The van der Waals surface area contributed by atoms with Gasteiger partial charge in [-0.25, -0.2) is 17.8 Å². The molecule has 1 saturated heterocycles. The van der Waals surface area contributed by atoms with E-state index < -0.39 is 20.9 Å². The molecule has 4 nitrogen and oxygen atoms in total. The SMILES string of the molecule is Cc1ccc(F)cc1S(=O)(=O)C1CCN(c2nc(-c3cccc(Br)c3)cs2)CC1. The number of anilines is 1. The van der Waals surface area contributed by atoms with Crippen LogP contribution in [-0.2, 0) is 9.84 Å². The number of thiazole rings is 1. The Labute approximate surface area is 182 Å². The zero-order chi connectivity index (χ0) is 20.6.